The highest BCUT2D eigenvalue weighted by Crippen LogP contribution is 2.32. The smallest absolute Gasteiger partial charge is 0.338 e. The number of nitrogens with zero attached hydrogens (tertiary/aromatic N) is 3. The van der Waals surface area contributed by atoms with Gasteiger partial charge in [0.15, 0.2) is 4.80 Å². The minimum atomic E-state index is -0.868. The first kappa shape index (κ1) is 25.0. The van der Waals surface area contributed by atoms with Gasteiger partial charge in [0, 0.05) is 12.1 Å². The maximum Gasteiger partial charge on any atom is 0.338 e. The van der Waals surface area contributed by atoms with E-state index in [0.29, 0.717) is 27.4 Å². The van der Waals surface area contributed by atoms with Gasteiger partial charge in [0.05, 0.1) is 38.9 Å². The number of thiazole rings is 1. The van der Waals surface area contributed by atoms with E-state index >= 15 is 0 Å². The summed E-state index contributed by atoms with van der Waals surface area (Å²) in [5.41, 5.74) is 0.879. The van der Waals surface area contributed by atoms with Crippen molar-refractivity contribution in [1.29, 1.82) is 0 Å². The Bertz CT molecular complexity index is 1780. The Labute approximate surface area is 218 Å². The van der Waals surface area contributed by atoms with Crippen molar-refractivity contribution in [2.75, 3.05) is 6.61 Å². The van der Waals surface area contributed by atoms with Gasteiger partial charge >= 0.3 is 5.97 Å². The number of allylic oxidation sites excluding steroid dienone is 1. The molecule has 1 unspecified atom stereocenters. The second-order valence-corrected chi connectivity index (χ2v) is 9.34. The molecule has 192 valence electrons. The molecule has 5 rings (SSSR count). The Morgan fingerprint density at radius 2 is 1.95 bits per heavy atom. The van der Waals surface area contributed by atoms with Crippen LogP contribution in [-0.4, -0.2) is 22.1 Å². The van der Waals surface area contributed by atoms with E-state index in [1.807, 2.05) is 0 Å². The zero-order valence-electron chi connectivity index (χ0n) is 20.2. The number of fused-ring (bicyclic) bond motifs is 1. The maximum atomic E-state index is 13.7. The lowest BCUT2D eigenvalue weighted by molar-refractivity contribution is -0.384. The molecule has 0 saturated carbocycles. The van der Waals surface area contributed by atoms with Crippen LogP contribution < -0.4 is 14.9 Å². The molecular weight excluding hydrogens is 513 g/mol. The van der Waals surface area contributed by atoms with E-state index < -0.39 is 28.3 Å². The van der Waals surface area contributed by atoms with E-state index in [-0.39, 0.29) is 28.2 Å². The molecule has 0 radical (unpaired) electrons. The van der Waals surface area contributed by atoms with Crippen LogP contribution in [0.1, 0.15) is 31.2 Å². The van der Waals surface area contributed by atoms with Crippen molar-refractivity contribution < 1.29 is 23.3 Å². The number of carbonyl (C=O) groups excluding carboxylic acids is 1. The molecule has 0 bridgehead atoms. The van der Waals surface area contributed by atoms with Gasteiger partial charge in [-0.25, -0.2) is 14.2 Å². The van der Waals surface area contributed by atoms with Gasteiger partial charge in [0.2, 0.25) is 0 Å². The summed E-state index contributed by atoms with van der Waals surface area (Å²) in [5, 5.41) is 11.4. The van der Waals surface area contributed by atoms with Gasteiger partial charge in [-0.1, -0.05) is 35.6 Å². The number of esters is 1. The molecule has 0 N–H and O–H groups in total. The van der Waals surface area contributed by atoms with Crippen molar-refractivity contribution in [3.63, 3.8) is 0 Å². The quantitative estimate of drug-likeness (QED) is 0.209. The van der Waals surface area contributed by atoms with Crippen LogP contribution in [0.25, 0.3) is 17.4 Å². The summed E-state index contributed by atoms with van der Waals surface area (Å²) in [4.78, 5) is 42.3. The van der Waals surface area contributed by atoms with Crippen molar-refractivity contribution in [1.82, 2.24) is 4.57 Å². The molecule has 4 aromatic rings. The Morgan fingerprint density at radius 1 is 1.21 bits per heavy atom. The summed E-state index contributed by atoms with van der Waals surface area (Å²) < 4.78 is 26.4. The number of nitro benzene ring substituents is 1. The van der Waals surface area contributed by atoms with Crippen molar-refractivity contribution in [3.8, 4) is 11.3 Å². The predicted octanol–water partition coefficient (Wildman–Crippen LogP) is 4.11. The summed E-state index contributed by atoms with van der Waals surface area (Å²) in [6, 6.07) is 14.1. The molecule has 1 aliphatic rings. The minimum absolute atomic E-state index is 0.103. The van der Waals surface area contributed by atoms with Crippen molar-refractivity contribution in [2.24, 2.45) is 4.99 Å². The van der Waals surface area contributed by atoms with E-state index in [2.05, 4.69) is 4.99 Å². The topological polar surface area (TPSA) is 117 Å². The largest absolute Gasteiger partial charge is 0.463 e. The number of aromatic nitrogens is 1. The number of carbonyl (C=O) groups is 1. The lowest BCUT2D eigenvalue weighted by Gasteiger charge is -2.24. The summed E-state index contributed by atoms with van der Waals surface area (Å²) in [6.45, 7) is 3.47. The number of halogens is 1. The van der Waals surface area contributed by atoms with Crippen LogP contribution in [0.15, 0.2) is 86.1 Å². The Balaban J connectivity index is 1.64. The van der Waals surface area contributed by atoms with Gasteiger partial charge < -0.3 is 9.15 Å². The monoisotopic (exact) mass is 533 g/mol. The second kappa shape index (κ2) is 10.0. The van der Waals surface area contributed by atoms with E-state index in [0.717, 1.165) is 11.3 Å². The highest BCUT2D eigenvalue weighted by Gasteiger charge is 2.33. The maximum absolute atomic E-state index is 13.7. The first-order valence-electron chi connectivity index (χ1n) is 11.6. The molecule has 3 heterocycles. The van der Waals surface area contributed by atoms with Crippen LogP contribution >= 0.6 is 11.3 Å². The molecule has 0 aliphatic carbocycles. The standard InChI is InChI=1S/C27H20FN3O6S/c1-3-36-26(33)23-15(2)29-27-30(24(23)16-8-10-17(28)11-9-16)25(32)22(38-27)14-18-12-13-21(37-18)19-6-4-5-7-20(19)31(34)35/h4-14,24H,3H2,1-2H3/b22-14-. The number of nitro groups is 1. The fraction of sp³-hybridized carbons (Fsp3) is 0.148. The molecule has 0 saturated heterocycles. The normalized spacial score (nSPS) is 15.2. The number of furan rings is 1. The molecule has 1 atom stereocenters. The highest BCUT2D eigenvalue weighted by molar-refractivity contribution is 7.07. The van der Waals surface area contributed by atoms with Crippen LogP contribution in [0, 0.1) is 15.9 Å². The molecular formula is C27H20FN3O6S. The van der Waals surface area contributed by atoms with Gasteiger partial charge in [0.25, 0.3) is 11.2 Å². The third-order valence-electron chi connectivity index (χ3n) is 5.97. The number of rotatable bonds is 6. The van der Waals surface area contributed by atoms with E-state index in [4.69, 9.17) is 9.15 Å². The third-order valence-corrected chi connectivity index (χ3v) is 6.95. The third kappa shape index (κ3) is 4.48. The van der Waals surface area contributed by atoms with Crippen molar-refractivity contribution in [3.05, 3.63) is 119 Å². The Hall–Kier alpha value is -4.64. The Morgan fingerprint density at radius 3 is 2.66 bits per heavy atom. The van der Waals surface area contributed by atoms with Gasteiger partial charge in [-0.05, 0) is 49.7 Å². The number of hydrogen-bond acceptors (Lipinski definition) is 8. The number of para-hydroxylation sites is 1. The van der Waals surface area contributed by atoms with E-state index in [1.54, 1.807) is 44.2 Å². The zero-order valence-corrected chi connectivity index (χ0v) is 21.0. The van der Waals surface area contributed by atoms with Crippen LogP contribution in [0.5, 0.6) is 0 Å². The van der Waals surface area contributed by atoms with Crippen LogP contribution in [0.2, 0.25) is 0 Å². The molecule has 9 nitrogen and oxygen atoms in total. The molecule has 2 aromatic carbocycles. The summed E-state index contributed by atoms with van der Waals surface area (Å²) >= 11 is 1.10. The average molecular weight is 534 g/mol. The molecule has 38 heavy (non-hydrogen) atoms. The van der Waals surface area contributed by atoms with Crippen LogP contribution in [-0.2, 0) is 9.53 Å². The fourth-order valence-electron chi connectivity index (χ4n) is 4.30. The first-order valence-corrected chi connectivity index (χ1v) is 12.4. The van der Waals surface area contributed by atoms with Gasteiger partial charge in [-0.2, -0.15) is 0 Å². The molecule has 2 aromatic heterocycles. The predicted molar refractivity (Wildman–Crippen MR) is 138 cm³/mol. The fourth-order valence-corrected chi connectivity index (χ4v) is 5.32. The van der Waals surface area contributed by atoms with Gasteiger partial charge in [0.1, 0.15) is 17.3 Å². The zero-order chi connectivity index (χ0) is 27.0. The number of ether oxygens (including phenoxy) is 1. The molecule has 1 aliphatic heterocycles. The average Bonchev–Trinajstić information content (AvgIpc) is 3.48. The van der Waals surface area contributed by atoms with E-state index in [1.165, 1.54) is 41.0 Å². The Kier molecular flexibility index (Phi) is 6.60. The van der Waals surface area contributed by atoms with Crippen molar-refractivity contribution in [2.45, 2.75) is 19.9 Å². The van der Waals surface area contributed by atoms with Gasteiger partial charge in [-0.3, -0.25) is 19.5 Å². The molecule has 0 amide bonds. The SMILES string of the molecule is CCOC(=O)C1=C(C)N=c2s/c(=C\c3ccc(-c4ccccc4[N+](=O)[O-])o3)c(=O)n2C1c1ccc(F)cc1. The van der Waals surface area contributed by atoms with Gasteiger partial charge in [-0.15, -0.1) is 0 Å². The van der Waals surface area contributed by atoms with Crippen molar-refractivity contribution >= 4 is 29.1 Å². The minimum Gasteiger partial charge on any atom is -0.463 e. The first-order chi connectivity index (χ1) is 18.3. The number of hydrogen-bond donors (Lipinski definition) is 0. The lowest BCUT2D eigenvalue weighted by atomic mass is 9.96. The summed E-state index contributed by atoms with van der Waals surface area (Å²) in [6.07, 6.45) is 1.52. The molecule has 11 heteroatoms. The lowest BCUT2D eigenvalue weighted by Crippen LogP contribution is -2.39. The molecule has 0 fully saturated rings. The van der Waals surface area contributed by atoms with Crippen LogP contribution in [0.4, 0.5) is 10.1 Å². The summed E-state index contributed by atoms with van der Waals surface area (Å²) in [7, 11) is 0. The van der Waals surface area contributed by atoms with E-state index in [9.17, 15) is 24.1 Å². The second-order valence-electron chi connectivity index (χ2n) is 8.33. The summed E-state index contributed by atoms with van der Waals surface area (Å²) in [5.74, 6) is -0.478. The highest BCUT2D eigenvalue weighted by atomic mass is 32.1. The molecule has 0 spiro atoms. The van der Waals surface area contributed by atoms with Crippen LogP contribution in [0.3, 0.4) is 0 Å². The number of benzene rings is 2.